The van der Waals surface area contributed by atoms with Gasteiger partial charge in [-0.1, -0.05) is 12.1 Å². The predicted molar refractivity (Wildman–Crippen MR) is 82.1 cm³/mol. The Balaban J connectivity index is 3.02. The van der Waals surface area contributed by atoms with Crippen molar-refractivity contribution in [2.24, 2.45) is 0 Å². The van der Waals surface area contributed by atoms with Gasteiger partial charge in [0.1, 0.15) is 11.2 Å². The summed E-state index contributed by atoms with van der Waals surface area (Å²) in [5, 5.41) is 13.6. The molecule has 0 fully saturated rings. The van der Waals surface area contributed by atoms with Crippen molar-refractivity contribution in [2.45, 2.75) is 39.8 Å². The first-order valence-electron chi connectivity index (χ1n) is 7.06. The van der Waals surface area contributed by atoms with E-state index in [1.165, 1.54) is 18.2 Å². The number of nitro benzene ring substituents is 1. The number of nitrogens with zero attached hydrogens (tertiary/aromatic N) is 1. The zero-order chi connectivity index (χ0) is 17.6. The van der Waals surface area contributed by atoms with E-state index in [0.717, 1.165) is 0 Å². The van der Waals surface area contributed by atoms with Crippen LogP contribution >= 0.6 is 0 Å². The minimum atomic E-state index is -0.805. The molecule has 126 valence electrons. The standard InChI is InChI=1S/C15H20N2O6/c1-5-22-13(18)12-10(7-6-8-11(12)17(20)21)9-16-14(19)23-15(2,3)4/h6-8H,5,9H2,1-4H3,(H,16,19). The second kappa shape index (κ2) is 7.57. The molecule has 1 amide bonds. The molecule has 23 heavy (non-hydrogen) atoms. The lowest BCUT2D eigenvalue weighted by molar-refractivity contribution is -0.385. The summed E-state index contributed by atoms with van der Waals surface area (Å²) >= 11 is 0. The number of hydrogen-bond donors (Lipinski definition) is 1. The van der Waals surface area contributed by atoms with Crippen molar-refractivity contribution >= 4 is 17.7 Å². The average Bonchev–Trinajstić information content (AvgIpc) is 2.43. The van der Waals surface area contributed by atoms with Gasteiger partial charge in [0.25, 0.3) is 5.69 Å². The Morgan fingerprint density at radius 1 is 1.30 bits per heavy atom. The van der Waals surface area contributed by atoms with E-state index >= 15 is 0 Å². The van der Waals surface area contributed by atoms with Gasteiger partial charge in [-0.3, -0.25) is 10.1 Å². The molecular weight excluding hydrogens is 304 g/mol. The van der Waals surface area contributed by atoms with Crippen LogP contribution in [0.4, 0.5) is 10.5 Å². The van der Waals surface area contributed by atoms with Gasteiger partial charge in [-0.2, -0.15) is 0 Å². The lowest BCUT2D eigenvalue weighted by atomic mass is 10.1. The molecule has 0 aliphatic carbocycles. The van der Waals surface area contributed by atoms with Gasteiger partial charge in [-0.05, 0) is 33.3 Å². The van der Waals surface area contributed by atoms with Crippen LogP contribution in [-0.4, -0.2) is 29.2 Å². The van der Waals surface area contributed by atoms with Gasteiger partial charge in [0.2, 0.25) is 0 Å². The number of hydrogen-bond acceptors (Lipinski definition) is 6. The molecule has 0 aliphatic heterocycles. The highest BCUT2D eigenvalue weighted by molar-refractivity contribution is 5.95. The Labute approximate surface area is 133 Å². The van der Waals surface area contributed by atoms with Crippen LogP contribution < -0.4 is 5.32 Å². The molecule has 1 N–H and O–H groups in total. The second-order valence-electron chi connectivity index (χ2n) is 5.64. The third-order valence-corrected chi connectivity index (χ3v) is 2.63. The smallest absolute Gasteiger partial charge is 0.407 e. The predicted octanol–water partition coefficient (Wildman–Crippen LogP) is 2.80. The third kappa shape index (κ3) is 5.57. The van der Waals surface area contributed by atoms with E-state index in [4.69, 9.17) is 9.47 Å². The molecule has 0 spiro atoms. The minimum absolute atomic E-state index is 0.0871. The van der Waals surface area contributed by atoms with Gasteiger partial charge in [0, 0.05) is 12.6 Å². The average molecular weight is 324 g/mol. The Hall–Kier alpha value is -2.64. The highest BCUT2D eigenvalue weighted by Crippen LogP contribution is 2.23. The molecule has 0 aliphatic rings. The molecule has 0 heterocycles. The number of alkyl carbamates (subject to hydrolysis) is 1. The SMILES string of the molecule is CCOC(=O)c1c(CNC(=O)OC(C)(C)C)cccc1[N+](=O)[O-]. The van der Waals surface area contributed by atoms with Crippen molar-refractivity contribution in [3.63, 3.8) is 0 Å². The van der Waals surface area contributed by atoms with Crippen LogP contribution in [0.25, 0.3) is 0 Å². The third-order valence-electron chi connectivity index (χ3n) is 2.63. The van der Waals surface area contributed by atoms with Crippen molar-refractivity contribution in [1.29, 1.82) is 0 Å². The zero-order valence-electron chi connectivity index (χ0n) is 13.5. The van der Waals surface area contributed by atoms with Gasteiger partial charge in [-0.25, -0.2) is 9.59 Å². The summed E-state index contributed by atoms with van der Waals surface area (Å²) in [5.74, 6) is -0.805. The first-order valence-corrected chi connectivity index (χ1v) is 7.06. The van der Waals surface area contributed by atoms with Gasteiger partial charge in [-0.15, -0.1) is 0 Å². The van der Waals surface area contributed by atoms with Gasteiger partial charge in [0.05, 0.1) is 11.5 Å². The summed E-state index contributed by atoms with van der Waals surface area (Å²) < 4.78 is 9.94. The Morgan fingerprint density at radius 2 is 1.96 bits per heavy atom. The van der Waals surface area contributed by atoms with Gasteiger partial charge in [0.15, 0.2) is 0 Å². The molecule has 1 aromatic rings. The molecular formula is C15H20N2O6. The fraction of sp³-hybridized carbons (Fsp3) is 0.467. The van der Waals surface area contributed by atoms with Crippen LogP contribution in [0.15, 0.2) is 18.2 Å². The largest absolute Gasteiger partial charge is 0.462 e. The van der Waals surface area contributed by atoms with Crippen molar-refractivity contribution in [1.82, 2.24) is 5.32 Å². The number of amides is 1. The molecule has 0 bridgehead atoms. The van der Waals surface area contributed by atoms with Crippen molar-refractivity contribution in [3.8, 4) is 0 Å². The number of nitrogens with one attached hydrogen (secondary N) is 1. The van der Waals surface area contributed by atoms with Crippen LogP contribution in [0.3, 0.4) is 0 Å². The molecule has 8 nitrogen and oxygen atoms in total. The first kappa shape index (κ1) is 18.4. The molecule has 1 aromatic carbocycles. The highest BCUT2D eigenvalue weighted by atomic mass is 16.6. The Bertz CT molecular complexity index is 606. The van der Waals surface area contributed by atoms with E-state index in [2.05, 4.69) is 5.32 Å². The number of carbonyl (C=O) groups is 2. The van der Waals surface area contributed by atoms with Crippen LogP contribution in [0.1, 0.15) is 43.6 Å². The fourth-order valence-corrected chi connectivity index (χ4v) is 1.81. The van der Waals surface area contributed by atoms with E-state index in [1.54, 1.807) is 27.7 Å². The Kier molecular flexibility index (Phi) is 6.06. The lowest BCUT2D eigenvalue weighted by Crippen LogP contribution is -2.32. The van der Waals surface area contributed by atoms with Crippen molar-refractivity contribution in [3.05, 3.63) is 39.4 Å². The molecule has 8 heteroatoms. The number of ether oxygens (including phenoxy) is 2. The van der Waals surface area contributed by atoms with Crippen molar-refractivity contribution in [2.75, 3.05) is 6.61 Å². The van der Waals surface area contributed by atoms with Crippen LogP contribution in [0.5, 0.6) is 0 Å². The van der Waals surface area contributed by atoms with E-state index in [9.17, 15) is 19.7 Å². The number of benzene rings is 1. The molecule has 0 unspecified atom stereocenters. The number of carbonyl (C=O) groups excluding carboxylic acids is 2. The van der Waals surface area contributed by atoms with E-state index in [0.29, 0.717) is 0 Å². The van der Waals surface area contributed by atoms with E-state index < -0.39 is 22.6 Å². The fourth-order valence-electron chi connectivity index (χ4n) is 1.81. The maximum atomic E-state index is 12.0. The van der Waals surface area contributed by atoms with Gasteiger partial charge < -0.3 is 14.8 Å². The molecule has 0 atom stereocenters. The molecule has 0 saturated carbocycles. The summed E-state index contributed by atoms with van der Waals surface area (Å²) in [6, 6.07) is 4.16. The summed E-state index contributed by atoms with van der Waals surface area (Å²) in [7, 11) is 0. The summed E-state index contributed by atoms with van der Waals surface area (Å²) in [4.78, 5) is 34.1. The quantitative estimate of drug-likeness (QED) is 0.507. The molecule has 0 radical (unpaired) electrons. The van der Waals surface area contributed by atoms with E-state index in [-0.39, 0.29) is 30.0 Å². The summed E-state index contributed by atoms with van der Waals surface area (Å²) in [6.45, 7) is 6.73. The summed E-state index contributed by atoms with van der Waals surface area (Å²) in [6.07, 6.45) is -0.682. The second-order valence-corrected chi connectivity index (χ2v) is 5.64. The van der Waals surface area contributed by atoms with Crippen molar-refractivity contribution < 1.29 is 24.0 Å². The molecule has 0 saturated heterocycles. The Morgan fingerprint density at radius 3 is 2.48 bits per heavy atom. The topological polar surface area (TPSA) is 108 Å². The monoisotopic (exact) mass is 324 g/mol. The lowest BCUT2D eigenvalue weighted by Gasteiger charge is -2.20. The highest BCUT2D eigenvalue weighted by Gasteiger charge is 2.25. The minimum Gasteiger partial charge on any atom is -0.462 e. The van der Waals surface area contributed by atoms with Crippen LogP contribution in [-0.2, 0) is 16.0 Å². The molecule has 0 aromatic heterocycles. The van der Waals surface area contributed by atoms with Crippen LogP contribution in [0, 0.1) is 10.1 Å². The van der Waals surface area contributed by atoms with E-state index in [1.807, 2.05) is 0 Å². The number of esters is 1. The zero-order valence-corrected chi connectivity index (χ0v) is 13.5. The number of rotatable bonds is 5. The maximum Gasteiger partial charge on any atom is 0.407 e. The number of nitro groups is 1. The van der Waals surface area contributed by atoms with Gasteiger partial charge >= 0.3 is 12.1 Å². The maximum absolute atomic E-state index is 12.0. The summed E-state index contributed by atoms with van der Waals surface area (Å²) in [5.41, 5.74) is -0.928. The normalized spacial score (nSPS) is 10.8. The molecule has 1 rings (SSSR count). The van der Waals surface area contributed by atoms with Crippen LogP contribution in [0.2, 0.25) is 0 Å². The first-order chi connectivity index (χ1) is 10.7.